The highest BCUT2D eigenvalue weighted by molar-refractivity contribution is 14.1. The van der Waals surface area contributed by atoms with E-state index in [1.54, 1.807) is 0 Å². The number of halogens is 8. The molecule has 0 atom stereocenters. The molecule has 15 heteroatoms. The molecule has 7 nitrogen and oxygen atoms in total. The largest absolute Gasteiger partial charge is 0.399 e. The molecule has 4 aromatic heterocycles. The Morgan fingerprint density at radius 2 is 0.495 bits per heavy atom. The van der Waals surface area contributed by atoms with Crippen molar-refractivity contribution in [1.29, 1.82) is 0 Å². The van der Waals surface area contributed by atoms with Crippen LogP contribution in [0.3, 0.4) is 0 Å². The second-order valence-electron chi connectivity index (χ2n) is 24.3. The van der Waals surface area contributed by atoms with Crippen molar-refractivity contribution in [2.75, 3.05) is 16.4 Å². The molecule has 105 heavy (non-hydrogen) atoms. The van der Waals surface area contributed by atoms with E-state index in [1.165, 1.54) is 102 Å². The molecule has 19 rings (SSSR count). The number of aromatic amines is 1. The molecule has 0 aliphatic heterocycles. The lowest BCUT2D eigenvalue weighted by molar-refractivity contribution is 1.18. The van der Waals surface area contributed by atoms with E-state index >= 15 is 0 Å². The summed E-state index contributed by atoms with van der Waals surface area (Å²) in [5.41, 5.74) is 23.6. The third-order valence-electron chi connectivity index (χ3n) is 17.4. The average molecular weight is 1980 g/mol. The van der Waals surface area contributed by atoms with Crippen LogP contribution in [0, 0.1) is 3.57 Å². The lowest BCUT2D eigenvalue weighted by Gasteiger charge is -2.09. The number of rotatable bonds is 7. The first-order valence-corrected chi connectivity index (χ1v) is 39.2. The van der Waals surface area contributed by atoms with E-state index in [4.69, 9.17) is 5.73 Å². The Kier molecular flexibility index (Phi) is 24.9. The smallest absolute Gasteiger partial charge is 0.0542 e. The number of benzene rings is 15. The SMILES string of the molecule is Brc1ccc2[nH]c3ccc(Br)cc3c2c1.Brc1ccc2c(c1)c1cc(Br)ccc1n2-c1ccccc1.Brc1ccc2c(c1)c1cc(Br)ccc1n2-c1ccccc1.I.Ic1ccccc1.Nc1ccccc1.[HH].c1ccc(Nc2ccc3c(c2)c2cc(Nc4ccccc4)ccc2n3-c2ccccc2)cc1. The Bertz CT molecular complexity index is 5680. The predicted molar refractivity (Wildman–Crippen MR) is 491 cm³/mol. The zero-order valence-corrected chi connectivity index (χ0v) is 70.0. The van der Waals surface area contributed by atoms with E-state index in [2.05, 4.69) is 396 Å². The zero-order valence-electron chi connectivity index (χ0n) is 56.0. The van der Waals surface area contributed by atoms with Gasteiger partial charge < -0.3 is 35.1 Å². The van der Waals surface area contributed by atoms with Crippen LogP contribution in [0.4, 0.5) is 28.4 Å². The number of aromatic nitrogens is 4. The molecule has 0 unspecified atom stereocenters. The maximum atomic E-state index is 5.36. The monoisotopic (exact) mass is 1970 g/mol. The molecule has 15 aromatic carbocycles. The summed E-state index contributed by atoms with van der Waals surface area (Å²) in [5, 5.41) is 17.0. The number of anilines is 5. The van der Waals surface area contributed by atoms with Crippen molar-refractivity contribution in [1.82, 2.24) is 18.7 Å². The number of nitrogens with one attached hydrogen (secondary N) is 3. The topological polar surface area (TPSA) is 80.7 Å². The fraction of sp³-hybridized carbons (Fsp3) is 0. The number of nitrogens with zero attached hydrogens (tertiary/aromatic N) is 3. The molecular formula is C90H67Br6I2N7. The van der Waals surface area contributed by atoms with Crippen molar-refractivity contribution in [2.24, 2.45) is 0 Å². The molecule has 0 aliphatic rings. The number of hydrogen-bond acceptors (Lipinski definition) is 3. The first-order chi connectivity index (χ1) is 50.8. The average Bonchev–Trinajstić information content (AvgIpc) is 1.62. The molecule has 0 bridgehead atoms. The van der Waals surface area contributed by atoms with E-state index < -0.39 is 0 Å². The van der Waals surface area contributed by atoms with Crippen molar-refractivity contribution in [3.63, 3.8) is 0 Å². The van der Waals surface area contributed by atoms with Crippen molar-refractivity contribution in [3.8, 4) is 17.1 Å². The number of para-hydroxylation sites is 6. The number of nitrogen functional groups attached to an aromatic ring is 1. The van der Waals surface area contributed by atoms with Gasteiger partial charge in [-0.05, 0) is 253 Å². The molecule has 4 heterocycles. The molecule has 19 aromatic rings. The van der Waals surface area contributed by atoms with Crippen LogP contribution >= 0.6 is 142 Å². The third kappa shape index (κ3) is 17.9. The van der Waals surface area contributed by atoms with Crippen LogP contribution in [0.5, 0.6) is 0 Å². The van der Waals surface area contributed by atoms with E-state index in [0.29, 0.717) is 0 Å². The van der Waals surface area contributed by atoms with Crippen LogP contribution in [0.25, 0.3) is 104 Å². The summed E-state index contributed by atoms with van der Waals surface area (Å²) >= 11 is 23.6. The number of hydrogen-bond donors (Lipinski definition) is 4. The summed E-state index contributed by atoms with van der Waals surface area (Å²) < 4.78 is 14.9. The second kappa shape index (κ2) is 35.1. The summed E-state index contributed by atoms with van der Waals surface area (Å²) in [6.07, 6.45) is 0. The molecule has 0 radical (unpaired) electrons. The van der Waals surface area contributed by atoms with E-state index in [-0.39, 0.29) is 25.4 Å². The fourth-order valence-electron chi connectivity index (χ4n) is 12.8. The highest BCUT2D eigenvalue weighted by Gasteiger charge is 2.17. The van der Waals surface area contributed by atoms with Crippen molar-refractivity contribution in [3.05, 3.63) is 388 Å². The molecule has 0 aliphatic carbocycles. The van der Waals surface area contributed by atoms with E-state index in [1.807, 2.05) is 109 Å². The van der Waals surface area contributed by atoms with Gasteiger partial charge in [-0.1, -0.05) is 223 Å². The van der Waals surface area contributed by atoms with E-state index in [0.717, 1.165) is 61.0 Å². The predicted octanol–water partition coefficient (Wildman–Crippen LogP) is 30.2. The molecule has 0 amide bonds. The Hall–Kier alpha value is -8.76. The van der Waals surface area contributed by atoms with E-state index in [9.17, 15) is 0 Å². The Labute approximate surface area is 691 Å². The Morgan fingerprint density at radius 1 is 0.257 bits per heavy atom. The number of fused-ring (bicyclic) bond motifs is 12. The minimum absolute atomic E-state index is 0. The minimum Gasteiger partial charge on any atom is -0.399 e. The van der Waals surface area contributed by atoms with Gasteiger partial charge in [-0.3, -0.25) is 0 Å². The van der Waals surface area contributed by atoms with Crippen LogP contribution in [-0.2, 0) is 0 Å². The van der Waals surface area contributed by atoms with Gasteiger partial charge >= 0.3 is 0 Å². The molecular weight excluding hydrogens is 1910 g/mol. The fourth-order valence-corrected chi connectivity index (χ4v) is 15.3. The quantitative estimate of drug-likeness (QED) is 0.0948. The first kappa shape index (κ1) is 74.5. The zero-order chi connectivity index (χ0) is 71.5. The van der Waals surface area contributed by atoms with Crippen LogP contribution < -0.4 is 16.4 Å². The molecule has 518 valence electrons. The van der Waals surface area contributed by atoms with Gasteiger partial charge in [-0.2, -0.15) is 0 Å². The number of nitrogens with two attached hydrogens (primary N) is 1. The Balaban J connectivity index is 0.000000127. The van der Waals surface area contributed by atoms with Gasteiger partial charge in [0.1, 0.15) is 0 Å². The summed E-state index contributed by atoms with van der Waals surface area (Å²) in [7, 11) is 0. The molecule has 0 fully saturated rings. The normalized spacial score (nSPS) is 10.8. The van der Waals surface area contributed by atoms with Gasteiger partial charge in [-0.25, -0.2) is 0 Å². The lowest BCUT2D eigenvalue weighted by Crippen LogP contribution is -1.94. The third-order valence-corrected chi connectivity index (χ3v) is 21.0. The summed E-state index contributed by atoms with van der Waals surface area (Å²) in [6, 6.07) is 123. The molecule has 0 spiro atoms. The van der Waals surface area contributed by atoms with Gasteiger partial charge in [0.05, 0.1) is 33.1 Å². The van der Waals surface area contributed by atoms with Crippen molar-refractivity contribution >= 4 is 258 Å². The maximum Gasteiger partial charge on any atom is 0.0542 e. The minimum atomic E-state index is 0. The van der Waals surface area contributed by atoms with Gasteiger partial charge in [0.15, 0.2) is 0 Å². The molecule has 0 saturated carbocycles. The van der Waals surface area contributed by atoms with Crippen LogP contribution in [0.1, 0.15) is 1.43 Å². The molecule has 0 saturated heterocycles. The lowest BCUT2D eigenvalue weighted by atomic mass is 10.1. The maximum absolute atomic E-state index is 5.36. The highest BCUT2D eigenvalue weighted by atomic mass is 127. The number of H-pyrrole nitrogens is 1. The van der Waals surface area contributed by atoms with Crippen molar-refractivity contribution in [2.45, 2.75) is 0 Å². The van der Waals surface area contributed by atoms with Gasteiger partial charge in [0, 0.05) is 131 Å². The second-order valence-corrected chi connectivity index (χ2v) is 31.1. The molecule has 5 N–H and O–H groups in total. The summed E-state index contributed by atoms with van der Waals surface area (Å²) in [6.45, 7) is 0. The van der Waals surface area contributed by atoms with Gasteiger partial charge in [-0.15, -0.1) is 24.0 Å². The van der Waals surface area contributed by atoms with Gasteiger partial charge in [0.25, 0.3) is 0 Å². The standard InChI is InChI=1S/C30H23N3.2C18H11Br2N.C12H7Br2N.C6H5I.C6H7N.HI.H2/c1-4-10-22(11-5-1)31-24-16-18-29-27(20-24)28-21-25(32-23-12-6-2-7-13-23)17-19-30(28)33(29)26-14-8-3-9-15-26;2*19-12-6-8-17-15(10-12)16-11-13(20)7-9-18(16)21(17)14-4-2-1-3-5-14;13-7-1-3-11-9(5-7)10-6-8(14)2-4-12(10)15-11;2*7-6-4-2-1-3-5-6;;/h1-21,31-32H;2*1-11H;1-6,15H;1-5H;1-5H,7H2;2*1H. The van der Waals surface area contributed by atoms with Crippen LogP contribution in [0.15, 0.2) is 385 Å². The Morgan fingerprint density at radius 3 is 0.762 bits per heavy atom. The van der Waals surface area contributed by atoms with Gasteiger partial charge in [0.2, 0.25) is 0 Å². The first-order valence-electron chi connectivity index (χ1n) is 33.4. The summed E-state index contributed by atoms with van der Waals surface area (Å²) in [4.78, 5) is 3.39. The summed E-state index contributed by atoms with van der Waals surface area (Å²) in [5.74, 6) is 0. The highest BCUT2D eigenvalue weighted by Crippen LogP contribution is 2.40. The van der Waals surface area contributed by atoms with Crippen LogP contribution in [-0.4, -0.2) is 18.7 Å². The van der Waals surface area contributed by atoms with Crippen molar-refractivity contribution < 1.29 is 1.43 Å². The van der Waals surface area contributed by atoms with Crippen LogP contribution in [0.2, 0.25) is 0 Å².